The normalized spacial score (nSPS) is 10.1. The number of ether oxygens (including phenoxy) is 3. The highest BCUT2D eigenvalue weighted by Crippen LogP contribution is 2.42. The van der Waals surface area contributed by atoms with Crippen LogP contribution in [0.15, 0.2) is 6.07 Å². The SMILES string of the molecule is COc1cc(CCl)c(CCl)c(OC)c1OC. The van der Waals surface area contributed by atoms with Crippen LogP contribution in [0.5, 0.6) is 17.2 Å². The molecule has 0 aromatic heterocycles. The Labute approximate surface area is 105 Å². The van der Waals surface area contributed by atoms with Crippen molar-refractivity contribution in [2.24, 2.45) is 0 Å². The molecule has 0 atom stereocenters. The van der Waals surface area contributed by atoms with Crippen LogP contribution >= 0.6 is 23.2 Å². The molecular weight excluding hydrogens is 251 g/mol. The molecule has 1 aromatic rings. The third-order valence-corrected chi connectivity index (χ3v) is 2.86. The van der Waals surface area contributed by atoms with Crippen molar-refractivity contribution in [3.05, 3.63) is 17.2 Å². The molecule has 0 radical (unpaired) electrons. The summed E-state index contributed by atoms with van der Waals surface area (Å²) in [6.07, 6.45) is 0. The molecule has 0 fully saturated rings. The van der Waals surface area contributed by atoms with E-state index in [2.05, 4.69) is 0 Å². The van der Waals surface area contributed by atoms with Crippen LogP contribution < -0.4 is 14.2 Å². The van der Waals surface area contributed by atoms with E-state index in [1.807, 2.05) is 6.07 Å². The van der Waals surface area contributed by atoms with Gasteiger partial charge in [0.15, 0.2) is 11.5 Å². The molecule has 3 nitrogen and oxygen atoms in total. The average molecular weight is 265 g/mol. The van der Waals surface area contributed by atoms with Gasteiger partial charge in [-0.3, -0.25) is 0 Å². The number of alkyl halides is 2. The zero-order valence-corrected chi connectivity index (χ0v) is 11.0. The summed E-state index contributed by atoms with van der Waals surface area (Å²) in [5, 5.41) is 0. The van der Waals surface area contributed by atoms with Gasteiger partial charge in [-0.1, -0.05) is 0 Å². The Bertz CT molecular complexity index is 336. The second-order valence-electron chi connectivity index (χ2n) is 3.05. The van der Waals surface area contributed by atoms with E-state index in [-0.39, 0.29) is 0 Å². The summed E-state index contributed by atoms with van der Waals surface area (Å²) in [5.74, 6) is 2.36. The molecule has 0 bridgehead atoms. The minimum Gasteiger partial charge on any atom is -0.493 e. The van der Waals surface area contributed by atoms with Gasteiger partial charge in [0.25, 0.3) is 0 Å². The smallest absolute Gasteiger partial charge is 0.203 e. The molecular formula is C11H14Cl2O3. The quantitative estimate of drug-likeness (QED) is 0.765. The number of rotatable bonds is 5. The highest BCUT2D eigenvalue weighted by Gasteiger charge is 2.19. The first-order valence-electron chi connectivity index (χ1n) is 4.66. The van der Waals surface area contributed by atoms with Crippen molar-refractivity contribution in [3.8, 4) is 17.2 Å². The zero-order chi connectivity index (χ0) is 12.1. The summed E-state index contributed by atoms with van der Waals surface area (Å²) < 4.78 is 15.8. The third-order valence-electron chi connectivity index (χ3n) is 2.30. The molecule has 0 unspecified atom stereocenters. The van der Waals surface area contributed by atoms with Gasteiger partial charge in [-0.15, -0.1) is 23.2 Å². The molecule has 5 heteroatoms. The molecule has 0 saturated heterocycles. The molecule has 0 saturated carbocycles. The monoisotopic (exact) mass is 264 g/mol. The minimum atomic E-state index is 0.311. The Hall–Kier alpha value is -0.800. The van der Waals surface area contributed by atoms with Crippen LogP contribution in [-0.4, -0.2) is 21.3 Å². The molecule has 0 amide bonds. The van der Waals surface area contributed by atoms with Gasteiger partial charge in [0.1, 0.15) is 0 Å². The summed E-state index contributed by atoms with van der Waals surface area (Å²) in [6, 6.07) is 1.81. The van der Waals surface area contributed by atoms with E-state index in [1.165, 1.54) is 0 Å². The molecule has 0 heterocycles. The van der Waals surface area contributed by atoms with E-state index in [4.69, 9.17) is 37.4 Å². The maximum Gasteiger partial charge on any atom is 0.203 e. The summed E-state index contributed by atoms with van der Waals surface area (Å²) in [4.78, 5) is 0. The van der Waals surface area contributed by atoms with E-state index in [0.717, 1.165) is 11.1 Å². The van der Waals surface area contributed by atoms with Crippen molar-refractivity contribution in [1.29, 1.82) is 0 Å². The second-order valence-corrected chi connectivity index (χ2v) is 3.58. The van der Waals surface area contributed by atoms with Crippen molar-refractivity contribution in [1.82, 2.24) is 0 Å². The topological polar surface area (TPSA) is 27.7 Å². The first kappa shape index (κ1) is 13.3. The van der Waals surface area contributed by atoms with Crippen LogP contribution in [0.3, 0.4) is 0 Å². The van der Waals surface area contributed by atoms with Crippen molar-refractivity contribution in [2.45, 2.75) is 11.8 Å². The van der Waals surface area contributed by atoms with Crippen molar-refractivity contribution in [3.63, 3.8) is 0 Å². The third kappa shape index (κ3) is 2.30. The summed E-state index contributed by atoms with van der Waals surface area (Å²) >= 11 is 11.7. The van der Waals surface area contributed by atoms with Crippen LogP contribution in [0, 0.1) is 0 Å². The Balaban J connectivity index is 3.47. The molecule has 0 aliphatic carbocycles. The van der Waals surface area contributed by atoms with Crippen molar-refractivity contribution in [2.75, 3.05) is 21.3 Å². The largest absolute Gasteiger partial charge is 0.493 e. The van der Waals surface area contributed by atoms with E-state index in [1.54, 1.807) is 21.3 Å². The average Bonchev–Trinajstić information content (AvgIpc) is 2.35. The Morgan fingerprint density at radius 1 is 0.938 bits per heavy atom. The van der Waals surface area contributed by atoms with Gasteiger partial charge in [0, 0.05) is 11.4 Å². The fraction of sp³-hybridized carbons (Fsp3) is 0.455. The lowest BCUT2D eigenvalue weighted by Gasteiger charge is -2.17. The summed E-state index contributed by atoms with van der Waals surface area (Å²) in [7, 11) is 4.68. The molecule has 0 aliphatic heterocycles. The van der Waals surface area contributed by atoms with Gasteiger partial charge < -0.3 is 14.2 Å². The molecule has 16 heavy (non-hydrogen) atoms. The van der Waals surface area contributed by atoms with Crippen LogP contribution in [0.25, 0.3) is 0 Å². The summed E-state index contributed by atoms with van der Waals surface area (Å²) in [6.45, 7) is 0. The van der Waals surface area contributed by atoms with Crippen LogP contribution in [0.4, 0.5) is 0 Å². The molecule has 90 valence electrons. The number of methoxy groups -OCH3 is 3. The predicted octanol–water partition coefficient (Wildman–Crippen LogP) is 3.19. The zero-order valence-electron chi connectivity index (χ0n) is 9.47. The second kappa shape index (κ2) is 6.06. The van der Waals surface area contributed by atoms with Crippen LogP contribution in [0.2, 0.25) is 0 Å². The van der Waals surface area contributed by atoms with Crippen LogP contribution in [-0.2, 0) is 11.8 Å². The predicted molar refractivity (Wildman–Crippen MR) is 65.2 cm³/mol. The van der Waals surface area contributed by atoms with E-state index >= 15 is 0 Å². The maximum atomic E-state index is 5.88. The molecule has 0 spiro atoms. The number of benzene rings is 1. The molecule has 0 N–H and O–H groups in total. The van der Waals surface area contributed by atoms with Gasteiger partial charge in [-0.05, 0) is 11.6 Å². The van der Waals surface area contributed by atoms with Crippen LogP contribution in [0.1, 0.15) is 11.1 Å². The van der Waals surface area contributed by atoms with Gasteiger partial charge >= 0.3 is 0 Å². The number of hydrogen-bond donors (Lipinski definition) is 0. The fourth-order valence-corrected chi connectivity index (χ4v) is 2.06. The lowest BCUT2D eigenvalue weighted by Crippen LogP contribution is -2.01. The first-order chi connectivity index (χ1) is 7.73. The summed E-state index contributed by atoms with van der Waals surface area (Å²) in [5.41, 5.74) is 1.71. The Kier molecular flexibility index (Phi) is 5.03. The van der Waals surface area contributed by atoms with E-state index in [9.17, 15) is 0 Å². The fourth-order valence-electron chi connectivity index (χ4n) is 1.53. The van der Waals surface area contributed by atoms with E-state index in [0.29, 0.717) is 29.0 Å². The lowest BCUT2D eigenvalue weighted by molar-refractivity contribution is 0.322. The van der Waals surface area contributed by atoms with Crippen molar-refractivity contribution >= 4 is 23.2 Å². The standard InChI is InChI=1S/C11H14Cl2O3/c1-14-9-4-7(5-12)8(6-13)10(15-2)11(9)16-3/h4H,5-6H2,1-3H3. The Morgan fingerprint density at radius 2 is 1.56 bits per heavy atom. The molecule has 1 rings (SSSR count). The first-order valence-corrected chi connectivity index (χ1v) is 5.73. The Morgan fingerprint density at radius 3 is 1.94 bits per heavy atom. The maximum absolute atomic E-state index is 5.88. The van der Waals surface area contributed by atoms with Gasteiger partial charge in [0.2, 0.25) is 5.75 Å². The highest BCUT2D eigenvalue weighted by molar-refractivity contribution is 6.19. The number of hydrogen-bond acceptors (Lipinski definition) is 3. The highest BCUT2D eigenvalue weighted by atomic mass is 35.5. The lowest BCUT2D eigenvalue weighted by atomic mass is 10.1. The number of halogens is 2. The molecule has 0 aliphatic rings. The van der Waals surface area contributed by atoms with Gasteiger partial charge in [0.05, 0.1) is 27.2 Å². The van der Waals surface area contributed by atoms with Gasteiger partial charge in [-0.25, -0.2) is 0 Å². The van der Waals surface area contributed by atoms with Gasteiger partial charge in [-0.2, -0.15) is 0 Å². The van der Waals surface area contributed by atoms with E-state index < -0.39 is 0 Å². The van der Waals surface area contributed by atoms with Crippen molar-refractivity contribution < 1.29 is 14.2 Å². The molecule has 1 aromatic carbocycles. The minimum absolute atomic E-state index is 0.311.